The van der Waals surface area contributed by atoms with E-state index < -0.39 is 6.10 Å². The van der Waals surface area contributed by atoms with Crippen molar-refractivity contribution in [3.63, 3.8) is 0 Å². The van der Waals surface area contributed by atoms with Crippen LogP contribution in [-0.4, -0.2) is 34.1 Å². The lowest BCUT2D eigenvalue weighted by Gasteiger charge is -2.25. The lowest BCUT2D eigenvalue weighted by molar-refractivity contribution is -0.149. The maximum absolute atomic E-state index is 9.16. The van der Waals surface area contributed by atoms with Crippen molar-refractivity contribution in [1.29, 1.82) is 0 Å². The molecule has 10 heavy (non-hydrogen) atoms. The normalized spacial score (nSPS) is 17.4. The number of hydrogen-bond donors (Lipinski definition) is 2. The zero-order chi connectivity index (χ0) is 8.15. The van der Waals surface area contributed by atoms with Gasteiger partial charge in [0, 0.05) is 6.54 Å². The minimum absolute atomic E-state index is 0.120. The highest BCUT2D eigenvalue weighted by atomic mass is 16.5. The molecule has 0 saturated carbocycles. The molecule has 0 aromatic heterocycles. The molecule has 2 atom stereocenters. The summed E-state index contributed by atoms with van der Waals surface area (Å²) in [5.74, 6) is 0. The Morgan fingerprint density at radius 3 is 2.00 bits per heavy atom. The Balaban J connectivity index is 3.80. The van der Waals surface area contributed by atoms with Crippen molar-refractivity contribution in [2.24, 2.45) is 0 Å². The number of hydrogen-bond acceptors (Lipinski definition) is 3. The smallest absolute Gasteiger partial charge is 0.0690 e. The van der Waals surface area contributed by atoms with Crippen molar-refractivity contribution >= 4 is 0 Å². The van der Waals surface area contributed by atoms with Crippen LogP contribution in [-0.2, 0) is 0 Å². The Kier molecular flexibility index (Phi) is 4.60. The Morgan fingerprint density at radius 2 is 1.90 bits per heavy atom. The molecule has 0 aliphatic carbocycles. The highest BCUT2D eigenvalue weighted by Gasteiger charge is 2.17. The molecule has 2 unspecified atom stereocenters. The summed E-state index contributed by atoms with van der Waals surface area (Å²) in [4.78, 5) is 0. The Morgan fingerprint density at radius 1 is 1.40 bits per heavy atom. The molecule has 0 amide bonds. The van der Waals surface area contributed by atoms with Gasteiger partial charge in [0.15, 0.2) is 0 Å². The van der Waals surface area contributed by atoms with E-state index in [1.807, 2.05) is 13.8 Å². The fraction of sp³-hybridized carbons (Fsp3) is 1.00. The van der Waals surface area contributed by atoms with Crippen LogP contribution >= 0.6 is 0 Å². The van der Waals surface area contributed by atoms with Crippen LogP contribution in [0.2, 0.25) is 0 Å². The summed E-state index contributed by atoms with van der Waals surface area (Å²) in [5.41, 5.74) is 0. The summed E-state index contributed by atoms with van der Waals surface area (Å²) in [5, 5.41) is 19.4. The number of likely N-dealkylation sites (N-methyl/N-ethyl adjacent to an activating group) is 1. The average Bonchev–Trinajstić information content (AvgIpc) is 1.88. The molecule has 0 aromatic carbocycles. The van der Waals surface area contributed by atoms with Gasteiger partial charge in [-0.3, -0.25) is 0 Å². The summed E-state index contributed by atoms with van der Waals surface area (Å²) in [6.07, 6.45) is 0.303. The maximum Gasteiger partial charge on any atom is 0.0690 e. The first kappa shape index (κ1) is 9.88. The second-order valence-electron chi connectivity index (χ2n) is 2.47. The molecular weight excluding hydrogens is 130 g/mol. The lowest BCUT2D eigenvalue weighted by atomic mass is 10.1. The van der Waals surface area contributed by atoms with Crippen LogP contribution in [0.15, 0.2) is 0 Å². The van der Waals surface area contributed by atoms with E-state index in [-0.39, 0.29) is 6.04 Å². The average molecular weight is 147 g/mol. The van der Waals surface area contributed by atoms with E-state index in [1.165, 1.54) is 5.06 Å². The molecule has 0 spiro atoms. The fourth-order valence-corrected chi connectivity index (χ4v) is 1.04. The van der Waals surface area contributed by atoms with Crippen LogP contribution in [0.25, 0.3) is 0 Å². The van der Waals surface area contributed by atoms with Crippen molar-refractivity contribution < 1.29 is 10.3 Å². The molecule has 0 rings (SSSR count). The van der Waals surface area contributed by atoms with Gasteiger partial charge in [-0.15, -0.1) is 0 Å². The van der Waals surface area contributed by atoms with Crippen LogP contribution in [0.3, 0.4) is 0 Å². The van der Waals surface area contributed by atoms with E-state index in [2.05, 4.69) is 0 Å². The Bertz CT molecular complexity index is 85.7. The number of aliphatic hydroxyl groups is 1. The molecule has 3 heteroatoms. The van der Waals surface area contributed by atoms with Gasteiger partial charge in [0.25, 0.3) is 0 Å². The molecular formula is C7H17NO2. The standard InChI is InChI=1S/C7H17NO2/c1-4-7(6(3)9)8(10)5-2/h6-7,9-10H,4-5H2,1-3H3. The SMILES string of the molecule is CCC(C(C)O)N(O)CC. The number of aliphatic hydroxyl groups excluding tert-OH is 1. The van der Waals surface area contributed by atoms with Gasteiger partial charge in [-0.25, -0.2) is 0 Å². The minimum atomic E-state index is -0.463. The van der Waals surface area contributed by atoms with Crippen molar-refractivity contribution in [2.75, 3.05) is 6.54 Å². The first-order chi connectivity index (χ1) is 4.63. The van der Waals surface area contributed by atoms with E-state index in [4.69, 9.17) is 10.3 Å². The molecule has 0 aliphatic rings. The molecule has 0 radical (unpaired) electrons. The van der Waals surface area contributed by atoms with Crippen molar-refractivity contribution in [3.05, 3.63) is 0 Å². The van der Waals surface area contributed by atoms with E-state index in [0.717, 1.165) is 6.42 Å². The third-order valence-electron chi connectivity index (χ3n) is 1.68. The first-order valence-corrected chi connectivity index (χ1v) is 3.77. The first-order valence-electron chi connectivity index (χ1n) is 3.77. The predicted molar refractivity (Wildman–Crippen MR) is 39.9 cm³/mol. The van der Waals surface area contributed by atoms with E-state index in [1.54, 1.807) is 6.92 Å². The third kappa shape index (κ3) is 2.64. The van der Waals surface area contributed by atoms with E-state index in [9.17, 15) is 0 Å². The van der Waals surface area contributed by atoms with Crippen molar-refractivity contribution in [1.82, 2.24) is 5.06 Å². The quantitative estimate of drug-likeness (QED) is 0.579. The fourth-order valence-electron chi connectivity index (χ4n) is 1.04. The summed E-state index contributed by atoms with van der Waals surface area (Å²) >= 11 is 0. The van der Waals surface area contributed by atoms with Crippen LogP contribution in [0, 0.1) is 0 Å². The van der Waals surface area contributed by atoms with Gasteiger partial charge in [0.05, 0.1) is 12.1 Å². The second-order valence-corrected chi connectivity index (χ2v) is 2.47. The summed E-state index contributed by atoms with van der Waals surface area (Å²) < 4.78 is 0. The Labute approximate surface area is 62.2 Å². The van der Waals surface area contributed by atoms with Gasteiger partial charge >= 0.3 is 0 Å². The maximum atomic E-state index is 9.16. The van der Waals surface area contributed by atoms with E-state index >= 15 is 0 Å². The summed E-state index contributed by atoms with van der Waals surface area (Å²) in [6, 6.07) is -0.120. The topological polar surface area (TPSA) is 43.7 Å². The van der Waals surface area contributed by atoms with E-state index in [0.29, 0.717) is 6.54 Å². The van der Waals surface area contributed by atoms with Crippen LogP contribution < -0.4 is 0 Å². The second kappa shape index (κ2) is 4.66. The highest BCUT2D eigenvalue weighted by molar-refractivity contribution is 4.67. The van der Waals surface area contributed by atoms with Crippen molar-refractivity contribution in [3.8, 4) is 0 Å². The van der Waals surface area contributed by atoms with Crippen molar-refractivity contribution in [2.45, 2.75) is 39.3 Å². The third-order valence-corrected chi connectivity index (χ3v) is 1.68. The van der Waals surface area contributed by atoms with Gasteiger partial charge in [0.1, 0.15) is 0 Å². The van der Waals surface area contributed by atoms with Crippen LogP contribution in [0.1, 0.15) is 27.2 Å². The molecule has 0 aliphatic heterocycles. The number of rotatable bonds is 4. The molecule has 0 aromatic rings. The van der Waals surface area contributed by atoms with Gasteiger partial charge in [-0.2, -0.15) is 5.06 Å². The largest absolute Gasteiger partial charge is 0.392 e. The summed E-state index contributed by atoms with van der Waals surface area (Å²) in [6.45, 7) is 6.04. The molecule has 62 valence electrons. The van der Waals surface area contributed by atoms with Gasteiger partial charge < -0.3 is 10.3 Å². The summed E-state index contributed by atoms with van der Waals surface area (Å²) in [7, 11) is 0. The predicted octanol–water partition coefficient (Wildman–Crippen LogP) is 0.857. The van der Waals surface area contributed by atoms with Crippen LogP contribution in [0.5, 0.6) is 0 Å². The molecule has 0 fully saturated rings. The molecule has 0 bridgehead atoms. The Hall–Kier alpha value is -0.120. The molecule has 0 saturated heterocycles. The molecule has 0 heterocycles. The molecule has 3 nitrogen and oxygen atoms in total. The monoisotopic (exact) mass is 147 g/mol. The van der Waals surface area contributed by atoms with Crippen LogP contribution in [0.4, 0.5) is 0 Å². The van der Waals surface area contributed by atoms with Gasteiger partial charge in [-0.05, 0) is 13.3 Å². The zero-order valence-electron chi connectivity index (χ0n) is 6.91. The minimum Gasteiger partial charge on any atom is -0.392 e. The lowest BCUT2D eigenvalue weighted by Crippen LogP contribution is -2.39. The van der Waals surface area contributed by atoms with Gasteiger partial charge in [0.2, 0.25) is 0 Å². The highest BCUT2D eigenvalue weighted by Crippen LogP contribution is 2.05. The van der Waals surface area contributed by atoms with Gasteiger partial charge in [-0.1, -0.05) is 13.8 Å². The zero-order valence-corrected chi connectivity index (χ0v) is 6.91. The number of nitrogens with zero attached hydrogens (tertiary/aromatic N) is 1. The number of hydroxylamine groups is 2. The molecule has 2 N–H and O–H groups in total.